The Morgan fingerprint density at radius 1 is 0.909 bits per heavy atom. The summed E-state index contributed by atoms with van der Waals surface area (Å²) in [5.41, 5.74) is -2.46. The highest BCUT2D eigenvalue weighted by molar-refractivity contribution is 5.11. The molecule has 0 radical (unpaired) electrons. The SMILES string of the molecule is OC[C@H]1O[C@@H]([C@]2(O)[C@H](O)[C@@H](O)CO[C@@H]2CO)[C@H](O)[C@@H](O)[C@@H]1O. The molecule has 9 atom stereocenters. The number of hydrogen-bond donors (Lipinski definition) is 8. The molecule has 2 rings (SSSR count). The maximum Gasteiger partial charge on any atom is 0.150 e. The molecule has 0 aromatic rings. The van der Waals surface area contributed by atoms with E-state index < -0.39 is 67.6 Å². The molecule has 0 saturated carbocycles. The fourth-order valence-electron chi connectivity index (χ4n) is 2.97. The molecule has 0 amide bonds. The highest BCUT2D eigenvalue weighted by Gasteiger charge is 2.62. The summed E-state index contributed by atoms with van der Waals surface area (Å²) >= 11 is 0. The third-order valence-corrected chi connectivity index (χ3v) is 4.34. The van der Waals surface area contributed by atoms with Gasteiger partial charge in [0, 0.05) is 0 Å². The topological polar surface area (TPSA) is 180 Å². The van der Waals surface area contributed by atoms with E-state index in [1.54, 1.807) is 0 Å². The number of ether oxygens (including phenoxy) is 2. The average molecular weight is 326 g/mol. The lowest BCUT2D eigenvalue weighted by Gasteiger charge is -2.53. The molecule has 2 aliphatic rings. The van der Waals surface area contributed by atoms with Crippen LogP contribution in [-0.2, 0) is 9.47 Å². The van der Waals surface area contributed by atoms with Gasteiger partial charge in [-0.3, -0.25) is 0 Å². The van der Waals surface area contributed by atoms with Crippen molar-refractivity contribution in [2.24, 2.45) is 0 Å². The minimum atomic E-state index is -2.46. The van der Waals surface area contributed by atoms with Crippen molar-refractivity contribution in [1.29, 1.82) is 0 Å². The molecule has 0 aromatic heterocycles. The van der Waals surface area contributed by atoms with Gasteiger partial charge in [0.05, 0.1) is 19.8 Å². The Morgan fingerprint density at radius 2 is 1.55 bits per heavy atom. The van der Waals surface area contributed by atoms with Crippen LogP contribution >= 0.6 is 0 Å². The molecule has 0 unspecified atom stereocenters. The molecule has 0 bridgehead atoms. The molecule has 0 aliphatic carbocycles. The Kier molecular flexibility index (Phi) is 5.39. The van der Waals surface area contributed by atoms with Crippen LogP contribution in [0.15, 0.2) is 0 Å². The fourth-order valence-corrected chi connectivity index (χ4v) is 2.97. The molecule has 22 heavy (non-hydrogen) atoms. The van der Waals surface area contributed by atoms with Gasteiger partial charge in [-0.1, -0.05) is 0 Å². The van der Waals surface area contributed by atoms with E-state index in [2.05, 4.69) is 0 Å². The summed E-state index contributed by atoms with van der Waals surface area (Å²) in [5, 5.41) is 78.5. The Bertz CT molecular complexity index is 375. The predicted molar refractivity (Wildman–Crippen MR) is 67.6 cm³/mol. The summed E-state index contributed by atoms with van der Waals surface area (Å²) in [7, 11) is 0. The second-order valence-electron chi connectivity index (χ2n) is 5.65. The molecule has 2 saturated heterocycles. The summed E-state index contributed by atoms with van der Waals surface area (Å²) in [6, 6.07) is 0. The number of hydrogen-bond acceptors (Lipinski definition) is 10. The van der Waals surface area contributed by atoms with Gasteiger partial charge in [0.15, 0.2) is 0 Å². The first kappa shape index (κ1) is 17.9. The van der Waals surface area contributed by atoms with Crippen molar-refractivity contribution in [3.05, 3.63) is 0 Å². The fraction of sp³-hybridized carbons (Fsp3) is 1.00. The van der Waals surface area contributed by atoms with E-state index in [0.717, 1.165) is 0 Å². The molecule has 130 valence electrons. The zero-order chi connectivity index (χ0) is 16.7. The van der Waals surface area contributed by atoms with E-state index in [0.29, 0.717) is 0 Å². The Balaban J connectivity index is 2.36. The number of aliphatic hydroxyl groups is 8. The van der Waals surface area contributed by atoms with Crippen molar-refractivity contribution in [3.8, 4) is 0 Å². The molecule has 8 N–H and O–H groups in total. The molecule has 0 aromatic carbocycles. The van der Waals surface area contributed by atoms with E-state index in [9.17, 15) is 35.7 Å². The van der Waals surface area contributed by atoms with Gasteiger partial charge in [-0.2, -0.15) is 0 Å². The van der Waals surface area contributed by atoms with E-state index in [4.69, 9.17) is 14.6 Å². The quantitative estimate of drug-likeness (QED) is 0.249. The first-order valence-electron chi connectivity index (χ1n) is 6.90. The lowest BCUT2D eigenvalue weighted by Crippen LogP contribution is -2.75. The molecule has 2 fully saturated rings. The molecule has 10 heteroatoms. The van der Waals surface area contributed by atoms with Gasteiger partial charge >= 0.3 is 0 Å². The average Bonchev–Trinajstić information content (AvgIpc) is 2.51. The normalized spacial score (nSPS) is 53.5. The largest absolute Gasteiger partial charge is 0.394 e. The van der Waals surface area contributed by atoms with Crippen molar-refractivity contribution in [2.45, 2.75) is 54.4 Å². The number of aliphatic hydroxyl groups excluding tert-OH is 7. The first-order valence-corrected chi connectivity index (χ1v) is 6.90. The summed E-state index contributed by atoms with van der Waals surface area (Å²) in [5.74, 6) is 0. The molecular formula is C12H22O10. The van der Waals surface area contributed by atoms with E-state index in [1.807, 2.05) is 0 Å². The predicted octanol–water partition coefficient (Wildman–Crippen LogP) is -5.33. The van der Waals surface area contributed by atoms with Crippen molar-refractivity contribution < 1.29 is 50.3 Å². The van der Waals surface area contributed by atoms with Crippen LogP contribution in [0.3, 0.4) is 0 Å². The van der Waals surface area contributed by atoms with Gasteiger partial charge in [0.2, 0.25) is 0 Å². The summed E-state index contributed by atoms with van der Waals surface area (Å²) in [6.45, 7) is -1.83. The zero-order valence-corrected chi connectivity index (χ0v) is 11.6. The lowest BCUT2D eigenvalue weighted by atomic mass is 9.75. The van der Waals surface area contributed by atoms with Crippen molar-refractivity contribution >= 4 is 0 Å². The van der Waals surface area contributed by atoms with E-state index >= 15 is 0 Å². The van der Waals surface area contributed by atoms with Gasteiger partial charge in [-0.25, -0.2) is 0 Å². The Labute approximate surface area is 125 Å². The van der Waals surface area contributed by atoms with Crippen LogP contribution in [-0.4, -0.2) is 115 Å². The van der Waals surface area contributed by atoms with Crippen molar-refractivity contribution in [1.82, 2.24) is 0 Å². The van der Waals surface area contributed by atoms with Gasteiger partial charge in [-0.15, -0.1) is 0 Å². The molecular weight excluding hydrogens is 304 g/mol. The van der Waals surface area contributed by atoms with Crippen molar-refractivity contribution in [2.75, 3.05) is 19.8 Å². The third-order valence-electron chi connectivity index (χ3n) is 4.34. The van der Waals surface area contributed by atoms with Crippen LogP contribution in [0.25, 0.3) is 0 Å². The third kappa shape index (κ3) is 2.65. The van der Waals surface area contributed by atoms with Crippen LogP contribution in [0.1, 0.15) is 0 Å². The summed E-state index contributed by atoms with van der Waals surface area (Å²) < 4.78 is 10.3. The monoisotopic (exact) mass is 326 g/mol. The highest BCUT2D eigenvalue weighted by atomic mass is 16.6. The second-order valence-corrected chi connectivity index (χ2v) is 5.65. The molecule has 10 nitrogen and oxygen atoms in total. The van der Waals surface area contributed by atoms with Crippen LogP contribution in [0.4, 0.5) is 0 Å². The number of rotatable bonds is 3. The Hall–Kier alpha value is -0.400. The minimum absolute atomic E-state index is 0.355. The summed E-state index contributed by atoms with van der Waals surface area (Å²) in [6.07, 6.45) is -13.1. The van der Waals surface area contributed by atoms with Gasteiger partial charge in [-0.05, 0) is 0 Å². The van der Waals surface area contributed by atoms with E-state index in [-0.39, 0.29) is 6.61 Å². The zero-order valence-electron chi connectivity index (χ0n) is 11.6. The molecule has 2 heterocycles. The maximum atomic E-state index is 10.7. The molecule has 2 aliphatic heterocycles. The van der Waals surface area contributed by atoms with Gasteiger partial charge < -0.3 is 50.3 Å². The van der Waals surface area contributed by atoms with Crippen LogP contribution < -0.4 is 0 Å². The van der Waals surface area contributed by atoms with Gasteiger partial charge in [0.25, 0.3) is 0 Å². The molecule has 0 spiro atoms. The maximum absolute atomic E-state index is 10.7. The van der Waals surface area contributed by atoms with Crippen LogP contribution in [0, 0.1) is 0 Å². The van der Waals surface area contributed by atoms with Crippen LogP contribution in [0.5, 0.6) is 0 Å². The standard InChI is InChI=1S/C12H22O10/c13-1-5-7(16)8(17)9(18)11(22-5)12(20)6(2-14)21-3-4(15)10(12)19/h4-11,13-20H,1-3H2/t4-,5+,6+,7+,8-,9+,10+,11+,12+/m0/s1. The van der Waals surface area contributed by atoms with Crippen molar-refractivity contribution in [3.63, 3.8) is 0 Å². The summed E-state index contributed by atoms with van der Waals surface area (Å²) in [4.78, 5) is 0. The van der Waals surface area contributed by atoms with E-state index in [1.165, 1.54) is 0 Å². The first-order chi connectivity index (χ1) is 10.3. The Morgan fingerprint density at radius 3 is 2.09 bits per heavy atom. The van der Waals surface area contributed by atoms with Gasteiger partial charge in [0.1, 0.15) is 54.4 Å². The minimum Gasteiger partial charge on any atom is -0.394 e. The van der Waals surface area contributed by atoms with Crippen LogP contribution in [0.2, 0.25) is 0 Å². The second kappa shape index (κ2) is 6.61. The smallest absolute Gasteiger partial charge is 0.150 e. The lowest BCUT2D eigenvalue weighted by molar-refractivity contribution is -0.333. The highest BCUT2D eigenvalue weighted by Crippen LogP contribution is 2.37.